The average Bonchev–Trinajstić information content (AvgIpc) is 3.08. The molecule has 0 radical (unpaired) electrons. The van der Waals surface area contributed by atoms with Crippen LogP contribution in [0.25, 0.3) is 5.57 Å². The van der Waals surface area contributed by atoms with Gasteiger partial charge in [0.1, 0.15) is 17.2 Å². The highest BCUT2D eigenvalue weighted by molar-refractivity contribution is 6.43. The molecule has 0 atom stereocenters. The molecule has 42 heavy (non-hydrogen) atoms. The molecule has 0 fully saturated rings. The van der Waals surface area contributed by atoms with Crippen LogP contribution in [0.2, 0.25) is 10.0 Å². The summed E-state index contributed by atoms with van der Waals surface area (Å²) >= 11 is 13.7. The summed E-state index contributed by atoms with van der Waals surface area (Å²) in [6.45, 7) is 4.07. The quantitative estimate of drug-likeness (QED) is 0.327. The van der Waals surface area contributed by atoms with Crippen molar-refractivity contribution < 1.29 is 19.0 Å². The van der Waals surface area contributed by atoms with Crippen molar-refractivity contribution in [2.24, 2.45) is 9.98 Å². The molecule has 2 aromatic rings. The largest absolute Gasteiger partial charge is 0.496 e. The number of nitrogens with zero attached hydrogens (tertiary/aromatic N) is 3. The third-order valence-electron chi connectivity index (χ3n) is 7.17. The molecule has 10 heteroatoms. The van der Waals surface area contributed by atoms with Crippen LogP contribution in [-0.4, -0.2) is 50.6 Å². The van der Waals surface area contributed by atoms with E-state index in [1.807, 2.05) is 30.6 Å². The van der Waals surface area contributed by atoms with Gasteiger partial charge in [-0.05, 0) is 43.2 Å². The van der Waals surface area contributed by atoms with Gasteiger partial charge in [0, 0.05) is 70.5 Å². The van der Waals surface area contributed by atoms with E-state index in [9.17, 15) is 4.79 Å². The van der Waals surface area contributed by atoms with E-state index in [2.05, 4.69) is 27.9 Å². The summed E-state index contributed by atoms with van der Waals surface area (Å²) in [7, 11) is 4.73. The summed E-state index contributed by atoms with van der Waals surface area (Å²) in [5, 5.41) is 3.56. The maximum atomic E-state index is 11.9. The van der Waals surface area contributed by atoms with Crippen LogP contribution in [0.1, 0.15) is 24.0 Å². The molecule has 3 aliphatic heterocycles. The number of hydrogen-bond acceptors (Lipinski definition) is 7. The van der Waals surface area contributed by atoms with Gasteiger partial charge in [-0.2, -0.15) is 0 Å². The molecule has 2 bridgehead atoms. The van der Waals surface area contributed by atoms with Crippen LogP contribution in [0.5, 0.6) is 17.2 Å². The number of aliphatic imine (C=N–C) groups is 2. The van der Waals surface area contributed by atoms with Crippen molar-refractivity contribution in [3.8, 4) is 17.2 Å². The Morgan fingerprint density at radius 1 is 1.10 bits per heavy atom. The summed E-state index contributed by atoms with van der Waals surface area (Å²) in [4.78, 5) is 23.6. The number of rotatable bonds is 8. The van der Waals surface area contributed by atoms with Gasteiger partial charge in [0.15, 0.2) is 0 Å². The van der Waals surface area contributed by atoms with E-state index >= 15 is 0 Å². The lowest BCUT2D eigenvalue weighted by atomic mass is 9.97. The standard InChI is InChI=1S/C32H30Cl2N4O4/c1-5-29(39)37-22-9-10-26(40-2)19(14-22)13-21-7-6-8-25-20(17-36-21)15-23(24-18-38(25)12-11-35-24)30-31(33)27(41-3)16-28(42-4)32(30)34/h5,7,9-12,14-17H,1,6,8,13,18H2,2-4H3,(H,37,39). The smallest absolute Gasteiger partial charge is 0.247 e. The highest BCUT2D eigenvalue weighted by Gasteiger charge is 2.29. The van der Waals surface area contributed by atoms with Crippen molar-refractivity contribution >= 4 is 52.3 Å². The summed E-state index contributed by atoms with van der Waals surface area (Å²) in [5.74, 6) is 1.33. The van der Waals surface area contributed by atoms with Crippen LogP contribution in [0.4, 0.5) is 5.69 Å². The van der Waals surface area contributed by atoms with Gasteiger partial charge in [-0.1, -0.05) is 35.9 Å². The van der Waals surface area contributed by atoms with Gasteiger partial charge >= 0.3 is 0 Å². The Bertz CT molecular complexity index is 1610. The van der Waals surface area contributed by atoms with E-state index in [4.69, 9.17) is 42.4 Å². The summed E-state index contributed by atoms with van der Waals surface area (Å²) in [6.07, 6.45) is 13.1. The lowest BCUT2D eigenvalue weighted by Crippen LogP contribution is -2.27. The van der Waals surface area contributed by atoms with Gasteiger partial charge in [0.05, 0.1) is 43.6 Å². The van der Waals surface area contributed by atoms with Crippen LogP contribution >= 0.6 is 23.2 Å². The number of benzene rings is 2. The number of ether oxygens (including phenoxy) is 3. The SMILES string of the molecule is C=CC(=O)Nc1ccc(OC)c(CC2=CCCC3=C(C=N2)C=C(c2c(Cl)c(OC)cc(OC)c2Cl)C2=NC=CN3C2)c1. The lowest BCUT2D eigenvalue weighted by molar-refractivity contribution is -0.111. The van der Waals surface area contributed by atoms with Gasteiger partial charge in [0.2, 0.25) is 5.91 Å². The van der Waals surface area contributed by atoms with Crippen molar-refractivity contribution in [2.75, 3.05) is 33.2 Å². The normalized spacial score (nSPS) is 15.8. The monoisotopic (exact) mass is 604 g/mol. The number of amides is 1. The number of nitrogens with one attached hydrogen (secondary N) is 1. The predicted molar refractivity (Wildman–Crippen MR) is 169 cm³/mol. The van der Waals surface area contributed by atoms with Crippen molar-refractivity contribution in [1.82, 2.24) is 4.90 Å². The first-order valence-corrected chi connectivity index (χ1v) is 14.0. The van der Waals surface area contributed by atoms with Crippen molar-refractivity contribution in [1.29, 1.82) is 0 Å². The van der Waals surface area contributed by atoms with E-state index in [0.29, 0.717) is 51.5 Å². The van der Waals surface area contributed by atoms with Gasteiger partial charge in [-0.3, -0.25) is 14.8 Å². The highest BCUT2D eigenvalue weighted by atomic mass is 35.5. The van der Waals surface area contributed by atoms with E-state index in [-0.39, 0.29) is 5.91 Å². The average molecular weight is 606 g/mol. The summed E-state index contributed by atoms with van der Waals surface area (Å²) < 4.78 is 16.7. The number of allylic oxidation sites excluding steroid dienone is 5. The fourth-order valence-corrected chi connectivity index (χ4v) is 5.81. The zero-order valence-electron chi connectivity index (χ0n) is 23.5. The van der Waals surface area contributed by atoms with Crippen molar-refractivity contribution in [3.05, 3.63) is 99.6 Å². The first-order chi connectivity index (χ1) is 20.4. The Balaban J connectivity index is 1.55. The second-order valence-corrected chi connectivity index (χ2v) is 10.4. The Morgan fingerprint density at radius 3 is 2.52 bits per heavy atom. The third kappa shape index (κ3) is 5.86. The van der Waals surface area contributed by atoms with E-state index in [0.717, 1.165) is 46.7 Å². The minimum absolute atomic E-state index is 0.280. The zero-order chi connectivity index (χ0) is 29.8. The number of hydrogen-bond donors (Lipinski definition) is 1. The van der Waals surface area contributed by atoms with Crippen LogP contribution in [0.15, 0.2) is 88.4 Å². The Labute approximate surface area is 255 Å². The molecular weight excluding hydrogens is 575 g/mol. The molecule has 0 spiro atoms. The summed E-state index contributed by atoms with van der Waals surface area (Å²) in [5.41, 5.74) is 6.63. The van der Waals surface area contributed by atoms with Crippen LogP contribution in [-0.2, 0) is 11.2 Å². The number of fused-ring (bicyclic) bond motifs is 3. The maximum Gasteiger partial charge on any atom is 0.247 e. The Hall–Kier alpha value is -4.27. The molecule has 8 nitrogen and oxygen atoms in total. The fourth-order valence-electron chi connectivity index (χ4n) is 5.11. The van der Waals surface area contributed by atoms with Gasteiger partial charge in [-0.25, -0.2) is 0 Å². The number of anilines is 1. The van der Waals surface area contributed by atoms with Crippen LogP contribution in [0, 0.1) is 0 Å². The first kappa shape index (κ1) is 29.2. The zero-order valence-corrected chi connectivity index (χ0v) is 25.1. The van der Waals surface area contributed by atoms with Crippen LogP contribution in [0.3, 0.4) is 0 Å². The first-order valence-electron chi connectivity index (χ1n) is 13.3. The van der Waals surface area contributed by atoms with Crippen molar-refractivity contribution in [2.45, 2.75) is 19.3 Å². The van der Waals surface area contributed by atoms with E-state index < -0.39 is 0 Å². The highest BCUT2D eigenvalue weighted by Crippen LogP contribution is 2.45. The number of halogens is 2. The number of carbonyl (C=O) groups is 1. The molecule has 0 aromatic heterocycles. The fraction of sp³-hybridized carbons (Fsp3) is 0.219. The molecule has 3 heterocycles. The molecule has 0 aliphatic carbocycles. The molecule has 5 rings (SSSR count). The minimum atomic E-state index is -0.280. The van der Waals surface area contributed by atoms with E-state index in [1.54, 1.807) is 39.7 Å². The lowest BCUT2D eigenvalue weighted by Gasteiger charge is -2.26. The molecule has 0 saturated carbocycles. The van der Waals surface area contributed by atoms with Gasteiger partial charge in [0.25, 0.3) is 0 Å². The molecule has 1 amide bonds. The third-order valence-corrected chi connectivity index (χ3v) is 7.92. The topological polar surface area (TPSA) is 84.8 Å². The second kappa shape index (κ2) is 12.7. The number of carbonyl (C=O) groups excluding carboxylic acids is 1. The molecule has 0 saturated heterocycles. The molecule has 1 N–H and O–H groups in total. The van der Waals surface area contributed by atoms with E-state index in [1.165, 1.54) is 6.08 Å². The number of methoxy groups -OCH3 is 3. The van der Waals surface area contributed by atoms with Gasteiger partial charge < -0.3 is 24.4 Å². The Morgan fingerprint density at radius 2 is 1.83 bits per heavy atom. The molecule has 216 valence electrons. The Kier molecular flexibility index (Phi) is 8.85. The molecular formula is C32H30Cl2N4O4. The second-order valence-electron chi connectivity index (χ2n) is 9.64. The van der Waals surface area contributed by atoms with Gasteiger partial charge in [-0.15, -0.1) is 0 Å². The maximum absolute atomic E-state index is 11.9. The molecule has 2 aromatic carbocycles. The molecule has 3 aliphatic rings. The summed E-state index contributed by atoms with van der Waals surface area (Å²) in [6, 6.07) is 7.19. The van der Waals surface area contributed by atoms with Crippen LogP contribution < -0.4 is 19.5 Å². The molecule has 0 unspecified atom stereocenters. The minimum Gasteiger partial charge on any atom is -0.496 e. The predicted octanol–water partition coefficient (Wildman–Crippen LogP) is 7.01. The van der Waals surface area contributed by atoms with Crippen molar-refractivity contribution in [3.63, 3.8) is 0 Å².